The Labute approximate surface area is 76.5 Å². The molecule has 1 saturated carbocycles. The summed E-state index contributed by atoms with van der Waals surface area (Å²) < 4.78 is 5.38. The first-order chi connectivity index (χ1) is 5.72. The Morgan fingerprint density at radius 2 is 2.08 bits per heavy atom. The molecule has 71 valence electrons. The van der Waals surface area contributed by atoms with Gasteiger partial charge in [0.2, 0.25) is 0 Å². The molecule has 12 heavy (non-hydrogen) atoms. The second-order valence-electron chi connectivity index (χ2n) is 4.34. The number of ether oxygens (including phenoxy) is 1. The van der Waals surface area contributed by atoms with Gasteiger partial charge in [-0.05, 0) is 24.7 Å². The summed E-state index contributed by atoms with van der Waals surface area (Å²) in [5, 5.41) is 0. The van der Waals surface area contributed by atoms with Crippen LogP contribution >= 0.6 is 0 Å². The average molecular weight is 169 g/mol. The summed E-state index contributed by atoms with van der Waals surface area (Å²) in [7, 11) is 1.82. The lowest BCUT2D eigenvalue weighted by Gasteiger charge is -2.29. The van der Waals surface area contributed by atoms with Gasteiger partial charge in [0.15, 0.2) is 0 Å². The molecule has 0 spiro atoms. The predicted molar refractivity (Wildman–Crippen MR) is 51.7 cm³/mol. The van der Waals surface area contributed by atoms with Crippen LogP contribution in [0.4, 0.5) is 0 Å². The molecule has 0 aromatic rings. The van der Waals surface area contributed by atoms with E-state index in [1.807, 2.05) is 7.11 Å². The maximum Gasteiger partial charge on any atom is 0.0972 e. The minimum atomic E-state index is 0.736. The van der Waals surface area contributed by atoms with Gasteiger partial charge in [0, 0.05) is 7.11 Å². The lowest BCUT2D eigenvalue weighted by Crippen LogP contribution is -2.17. The molecule has 1 heteroatoms. The van der Waals surface area contributed by atoms with Crippen LogP contribution in [-0.4, -0.2) is 7.11 Å². The fraction of sp³-hybridized carbons (Fsp3) is 0.909. The fourth-order valence-corrected chi connectivity index (χ4v) is 1.72. The van der Waals surface area contributed by atoms with Crippen LogP contribution in [0.3, 0.4) is 0 Å². The molecular weight excluding hydrogens is 148 g/mol. The smallest absolute Gasteiger partial charge is 0.0972 e. The summed E-state index contributed by atoms with van der Waals surface area (Å²) in [5.41, 5.74) is 0. The van der Waals surface area contributed by atoms with Gasteiger partial charge in [-0.3, -0.25) is 0 Å². The van der Waals surface area contributed by atoms with E-state index in [1.54, 1.807) is 0 Å². The Hall–Kier alpha value is -0.0400. The van der Waals surface area contributed by atoms with E-state index in [4.69, 9.17) is 4.74 Å². The van der Waals surface area contributed by atoms with E-state index in [2.05, 4.69) is 13.8 Å². The van der Waals surface area contributed by atoms with Crippen molar-refractivity contribution >= 4 is 0 Å². The summed E-state index contributed by atoms with van der Waals surface area (Å²) >= 11 is 0. The van der Waals surface area contributed by atoms with Gasteiger partial charge >= 0.3 is 0 Å². The zero-order valence-electron chi connectivity index (χ0n) is 8.60. The molecule has 0 bridgehead atoms. The maximum atomic E-state index is 5.38. The van der Waals surface area contributed by atoms with Gasteiger partial charge < -0.3 is 4.74 Å². The lowest BCUT2D eigenvalue weighted by molar-refractivity contribution is 0.138. The molecule has 0 aromatic heterocycles. The van der Waals surface area contributed by atoms with E-state index in [0.717, 1.165) is 18.3 Å². The van der Waals surface area contributed by atoms with Crippen LogP contribution in [0.25, 0.3) is 0 Å². The minimum absolute atomic E-state index is 0.736. The summed E-state index contributed by atoms with van der Waals surface area (Å²) in [5.74, 6) is 1.68. The number of methoxy groups -OCH3 is 1. The minimum Gasteiger partial charge on any atom is -0.375 e. The normalized spacial score (nSPS) is 18.8. The van der Waals surface area contributed by atoms with Crippen molar-refractivity contribution in [2.45, 2.75) is 46.0 Å². The molecule has 0 saturated heterocycles. The Bertz CT molecular complexity index is 116. The molecule has 1 aliphatic carbocycles. The van der Waals surface area contributed by atoms with Crippen molar-refractivity contribution in [2.75, 3.05) is 7.11 Å². The van der Waals surface area contributed by atoms with Crippen molar-refractivity contribution in [1.29, 1.82) is 0 Å². The van der Waals surface area contributed by atoms with Gasteiger partial charge in [-0.1, -0.05) is 33.1 Å². The molecule has 1 aliphatic rings. The molecule has 0 N–H and O–H groups in total. The van der Waals surface area contributed by atoms with Crippen molar-refractivity contribution in [3.8, 4) is 0 Å². The molecule has 1 radical (unpaired) electrons. The summed E-state index contributed by atoms with van der Waals surface area (Å²) in [6.45, 7) is 4.50. The SMILES string of the molecule is CO[C](CC(C)C)CC1CCC1. The van der Waals surface area contributed by atoms with Gasteiger partial charge in [-0.15, -0.1) is 0 Å². The van der Waals surface area contributed by atoms with Crippen molar-refractivity contribution in [3.63, 3.8) is 0 Å². The van der Waals surface area contributed by atoms with E-state index in [0.29, 0.717) is 0 Å². The second-order valence-corrected chi connectivity index (χ2v) is 4.34. The largest absolute Gasteiger partial charge is 0.375 e. The molecule has 1 nitrogen and oxygen atoms in total. The summed E-state index contributed by atoms with van der Waals surface area (Å²) in [4.78, 5) is 0. The maximum absolute atomic E-state index is 5.38. The van der Waals surface area contributed by atoms with Crippen molar-refractivity contribution in [2.24, 2.45) is 11.8 Å². The second kappa shape index (κ2) is 4.86. The first-order valence-electron chi connectivity index (χ1n) is 5.11. The summed E-state index contributed by atoms with van der Waals surface area (Å²) in [6.07, 6.45) is 7.95. The molecule has 0 heterocycles. The number of hydrogen-bond donors (Lipinski definition) is 0. The summed E-state index contributed by atoms with van der Waals surface area (Å²) in [6, 6.07) is 0. The van der Waals surface area contributed by atoms with Crippen LogP contribution in [0.15, 0.2) is 0 Å². The average Bonchev–Trinajstić information content (AvgIpc) is 1.93. The number of hydrogen-bond acceptors (Lipinski definition) is 1. The molecule has 1 rings (SSSR count). The third-order valence-corrected chi connectivity index (χ3v) is 2.67. The topological polar surface area (TPSA) is 9.23 Å². The highest BCUT2D eigenvalue weighted by Crippen LogP contribution is 2.35. The van der Waals surface area contributed by atoms with E-state index >= 15 is 0 Å². The highest BCUT2D eigenvalue weighted by atomic mass is 16.5. The molecule has 0 amide bonds. The van der Waals surface area contributed by atoms with Crippen molar-refractivity contribution in [1.82, 2.24) is 0 Å². The third-order valence-electron chi connectivity index (χ3n) is 2.67. The first-order valence-corrected chi connectivity index (χ1v) is 5.11. The monoisotopic (exact) mass is 169 g/mol. The molecule has 0 aromatic carbocycles. The van der Waals surface area contributed by atoms with Crippen LogP contribution < -0.4 is 0 Å². The number of rotatable bonds is 5. The Balaban J connectivity index is 2.15. The van der Waals surface area contributed by atoms with Crippen LogP contribution in [0, 0.1) is 17.9 Å². The lowest BCUT2D eigenvalue weighted by atomic mass is 9.80. The Kier molecular flexibility index (Phi) is 4.07. The molecular formula is C11H21O. The molecule has 0 atom stereocenters. The van der Waals surface area contributed by atoms with Crippen LogP contribution in [0.1, 0.15) is 46.0 Å². The van der Waals surface area contributed by atoms with Crippen LogP contribution in [-0.2, 0) is 4.74 Å². The molecule has 0 unspecified atom stereocenters. The van der Waals surface area contributed by atoms with E-state index in [-0.39, 0.29) is 0 Å². The zero-order chi connectivity index (χ0) is 8.97. The van der Waals surface area contributed by atoms with Crippen molar-refractivity contribution < 1.29 is 4.74 Å². The fourth-order valence-electron chi connectivity index (χ4n) is 1.72. The highest BCUT2D eigenvalue weighted by molar-refractivity contribution is 4.85. The standard InChI is InChI=1S/C11H21O/c1-9(2)7-11(12-3)8-10-5-4-6-10/h9-10H,4-8H2,1-3H3. The molecule has 1 fully saturated rings. The van der Waals surface area contributed by atoms with Gasteiger partial charge in [-0.25, -0.2) is 0 Å². The highest BCUT2D eigenvalue weighted by Gasteiger charge is 2.22. The zero-order valence-corrected chi connectivity index (χ0v) is 8.60. The van der Waals surface area contributed by atoms with E-state index in [9.17, 15) is 0 Å². The predicted octanol–water partition coefficient (Wildman–Crippen LogP) is 3.40. The van der Waals surface area contributed by atoms with Gasteiger partial charge in [-0.2, -0.15) is 0 Å². The Morgan fingerprint density at radius 3 is 2.42 bits per heavy atom. The van der Waals surface area contributed by atoms with Crippen molar-refractivity contribution in [3.05, 3.63) is 6.10 Å². The van der Waals surface area contributed by atoms with E-state index in [1.165, 1.54) is 31.8 Å². The third kappa shape index (κ3) is 3.14. The van der Waals surface area contributed by atoms with Gasteiger partial charge in [0.25, 0.3) is 0 Å². The van der Waals surface area contributed by atoms with Crippen LogP contribution in [0.5, 0.6) is 0 Å². The van der Waals surface area contributed by atoms with Gasteiger partial charge in [0.1, 0.15) is 0 Å². The Morgan fingerprint density at radius 1 is 1.42 bits per heavy atom. The van der Waals surface area contributed by atoms with Gasteiger partial charge in [0.05, 0.1) is 6.10 Å². The first kappa shape index (κ1) is 10.0. The molecule has 0 aliphatic heterocycles. The quantitative estimate of drug-likeness (QED) is 0.613. The van der Waals surface area contributed by atoms with Crippen LogP contribution in [0.2, 0.25) is 0 Å². The van der Waals surface area contributed by atoms with E-state index < -0.39 is 0 Å².